The van der Waals surface area contributed by atoms with Gasteiger partial charge in [0.05, 0.1) is 0 Å². The van der Waals surface area contributed by atoms with Crippen LogP contribution in [0.15, 0.2) is 0 Å². The zero-order valence-electron chi connectivity index (χ0n) is 10.0. The summed E-state index contributed by atoms with van der Waals surface area (Å²) in [4.78, 5) is 4.88. The lowest BCUT2D eigenvalue weighted by molar-refractivity contribution is 0.143. The first-order valence-corrected chi connectivity index (χ1v) is 5.66. The van der Waals surface area contributed by atoms with E-state index in [2.05, 4.69) is 37.7 Å². The highest BCUT2D eigenvalue weighted by Crippen LogP contribution is 2.18. The Bertz CT molecular complexity index is 170. The quantitative estimate of drug-likeness (QED) is 0.720. The molecule has 2 unspecified atom stereocenters. The average Bonchev–Trinajstić information content (AvgIpc) is 2.52. The third-order valence-electron chi connectivity index (χ3n) is 3.48. The van der Waals surface area contributed by atoms with Crippen LogP contribution < -0.4 is 5.73 Å². The molecule has 1 aliphatic heterocycles. The van der Waals surface area contributed by atoms with E-state index in [1.54, 1.807) is 0 Å². The first-order valence-electron chi connectivity index (χ1n) is 5.66. The van der Waals surface area contributed by atoms with Crippen molar-refractivity contribution in [1.82, 2.24) is 9.80 Å². The number of likely N-dealkylation sites (N-methyl/N-ethyl adjacent to an activating group) is 2. The summed E-state index contributed by atoms with van der Waals surface area (Å²) in [5, 5.41) is 0. The molecule has 3 heteroatoms. The van der Waals surface area contributed by atoms with Crippen molar-refractivity contribution in [3.05, 3.63) is 0 Å². The fourth-order valence-electron chi connectivity index (χ4n) is 2.42. The molecule has 0 aromatic carbocycles. The molecule has 0 bridgehead atoms. The molecular formula is C11H25N3. The van der Waals surface area contributed by atoms with Gasteiger partial charge in [0.2, 0.25) is 0 Å². The Labute approximate surface area is 88.2 Å². The zero-order valence-corrected chi connectivity index (χ0v) is 10.0. The molecule has 0 aliphatic carbocycles. The molecule has 1 aliphatic rings. The van der Waals surface area contributed by atoms with E-state index in [1.807, 2.05) is 0 Å². The minimum atomic E-state index is 0.534. The van der Waals surface area contributed by atoms with Gasteiger partial charge in [-0.2, -0.15) is 0 Å². The lowest BCUT2D eigenvalue weighted by Gasteiger charge is -2.34. The van der Waals surface area contributed by atoms with Gasteiger partial charge in [-0.3, -0.25) is 4.90 Å². The minimum Gasteiger partial charge on any atom is -0.329 e. The fourth-order valence-corrected chi connectivity index (χ4v) is 2.42. The SMILES string of the molecule is CC(C)C(CN)N(C)C1CCN(C)C1. The molecule has 0 spiro atoms. The van der Waals surface area contributed by atoms with Gasteiger partial charge >= 0.3 is 0 Å². The highest BCUT2D eigenvalue weighted by atomic mass is 15.2. The van der Waals surface area contributed by atoms with Gasteiger partial charge in [-0.25, -0.2) is 0 Å². The third-order valence-corrected chi connectivity index (χ3v) is 3.48. The predicted octanol–water partition coefficient (Wildman–Crippen LogP) is 0.606. The van der Waals surface area contributed by atoms with E-state index in [4.69, 9.17) is 5.73 Å². The molecule has 1 fully saturated rings. The summed E-state index contributed by atoms with van der Waals surface area (Å²) in [6.07, 6.45) is 1.29. The zero-order chi connectivity index (χ0) is 10.7. The van der Waals surface area contributed by atoms with E-state index < -0.39 is 0 Å². The fraction of sp³-hybridized carbons (Fsp3) is 1.00. The highest BCUT2D eigenvalue weighted by Gasteiger charge is 2.28. The highest BCUT2D eigenvalue weighted by molar-refractivity contribution is 4.85. The van der Waals surface area contributed by atoms with E-state index >= 15 is 0 Å². The maximum absolute atomic E-state index is 5.82. The van der Waals surface area contributed by atoms with Crippen molar-refractivity contribution in [3.8, 4) is 0 Å². The van der Waals surface area contributed by atoms with Crippen molar-refractivity contribution >= 4 is 0 Å². The predicted molar refractivity (Wildman–Crippen MR) is 61.3 cm³/mol. The number of likely N-dealkylation sites (tertiary alicyclic amines) is 1. The first kappa shape index (κ1) is 12.0. The Kier molecular flexibility index (Phi) is 4.35. The molecule has 1 heterocycles. The molecule has 14 heavy (non-hydrogen) atoms. The van der Waals surface area contributed by atoms with Crippen LogP contribution in [0.3, 0.4) is 0 Å². The maximum Gasteiger partial charge on any atom is 0.0241 e. The van der Waals surface area contributed by atoms with E-state index in [-0.39, 0.29) is 0 Å². The second kappa shape index (κ2) is 5.10. The van der Waals surface area contributed by atoms with E-state index in [0.717, 1.165) is 6.54 Å². The lowest BCUT2D eigenvalue weighted by Crippen LogP contribution is -2.47. The molecule has 0 saturated carbocycles. The van der Waals surface area contributed by atoms with Crippen LogP contribution in [0.2, 0.25) is 0 Å². The van der Waals surface area contributed by atoms with E-state index in [1.165, 1.54) is 19.5 Å². The van der Waals surface area contributed by atoms with E-state index in [9.17, 15) is 0 Å². The van der Waals surface area contributed by atoms with Crippen LogP contribution in [0.1, 0.15) is 20.3 Å². The van der Waals surface area contributed by atoms with E-state index in [0.29, 0.717) is 18.0 Å². The number of rotatable bonds is 4. The van der Waals surface area contributed by atoms with Gasteiger partial charge in [0, 0.05) is 25.2 Å². The summed E-state index contributed by atoms with van der Waals surface area (Å²) in [7, 11) is 4.42. The van der Waals surface area contributed by atoms with Crippen LogP contribution in [0.5, 0.6) is 0 Å². The van der Waals surface area contributed by atoms with Gasteiger partial charge in [-0.1, -0.05) is 13.8 Å². The molecule has 84 valence electrons. The van der Waals surface area contributed by atoms with Crippen molar-refractivity contribution in [2.75, 3.05) is 33.7 Å². The second-order valence-electron chi connectivity index (χ2n) is 4.92. The third kappa shape index (κ3) is 2.69. The summed E-state index contributed by atoms with van der Waals surface area (Å²) in [5.74, 6) is 0.649. The van der Waals surface area contributed by atoms with Crippen LogP contribution >= 0.6 is 0 Å². The van der Waals surface area contributed by atoms with Crippen molar-refractivity contribution < 1.29 is 0 Å². The number of hydrogen-bond acceptors (Lipinski definition) is 3. The number of hydrogen-bond donors (Lipinski definition) is 1. The second-order valence-corrected chi connectivity index (χ2v) is 4.92. The Morgan fingerprint density at radius 2 is 2.14 bits per heavy atom. The molecule has 0 amide bonds. The van der Waals surface area contributed by atoms with Crippen molar-refractivity contribution in [2.24, 2.45) is 11.7 Å². The van der Waals surface area contributed by atoms with Crippen molar-refractivity contribution in [3.63, 3.8) is 0 Å². The molecule has 2 N–H and O–H groups in total. The Balaban J connectivity index is 2.50. The molecule has 0 aromatic rings. The van der Waals surface area contributed by atoms with Gasteiger partial charge in [0.15, 0.2) is 0 Å². The van der Waals surface area contributed by atoms with Gasteiger partial charge in [0.1, 0.15) is 0 Å². The summed E-state index contributed by atoms with van der Waals surface area (Å²) in [6.45, 7) is 7.71. The molecule has 0 radical (unpaired) electrons. The van der Waals surface area contributed by atoms with Crippen molar-refractivity contribution in [1.29, 1.82) is 0 Å². The van der Waals surface area contributed by atoms with Crippen LogP contribution in [0.25, 0.3) is 0 Å². The van der Waals surface area contributed by atoms with Gasteiger partial charge < -0.3 is 10.6 Å². The summed E-state index contributed by atoms with van der Waals surface area (Å²) in [5.41, 5.74) is 5.82. The van der Waals surface area contributed by atoms with Crippen LogP contribution in [-0.4, -0.2) is 55.6 Å². The maximum atomic E-state index is 5.82. The van der Waals surface area contributed by atoms with Crippen LogP contribution in [0, 0.1) is 5.92 Å². The lowest BCUT2D eigenvalue weighted by atomic mass is 10.0. The summed E-state index contributed by atoms with van der Waals surface area (Å²) < 4.78 is 0. The van der Waals surface area contributed by atoms with Crippen molar-refractivity contribution in [2.45, 2.75) is 32.4 Å². The number of nitrogens with two attached hydrogens (primary N) is 1. The molecular weight excluding hydrogens is 174 g/mol. The summed E-state index contributed by atoms with van der Waals surface area (Å²) in [6, 6.07) is 1.24. The monoisotopic (exact) mass is 199 g/mol. The first-order chi connectivity index (χ1) is 6.56. The molecule has 3 nitrogen and oxygen atoms in total. The Morgan fingerprint density at radius 1 is 1.50 bits per heavy atom. The standard InChI is InChI=1S/C11H25N3/c1-9(2)11(7-12)14(4)10-5-6-13(3)8-10/h9-11H,5-8,12H2,1-4H3. The number of nitrogens with zero attached hydrogens (tertiary/aromatic N) is 2. The average molecular weight is 199 g/mol. The Morgan fingerprint density at radius 3 is 2.50 bits per heavy atom. The minimum absolute atomic E-state index is 0.534. The van der Waals surface area contributed by atoms with Crippen LogP contribution in [0.4, 0.5) is 0 Å². The van der Waals surface area contributed by atoms with Gasteiger partial charge in [-0.15, -0.1) is 0 Å². The van der Waals surface area contributed by atoms with Gasteiger partial charge in [-0.05, 0) is 33.0 Å². The summed E-state index contributed by atoms with van der Waals surface area (Å²) >= 11 is 0. The molecule has 1 saturated heterocycles. The van der Waals surface area contributed by atoms with Gasteiger partial charge in [0.25, 0.3) is 0 Å². The smallest absolute Gasteiger partial charge is 0.0241 e. The molecule has 1 rings (SSSR count). The largest absolute Gasteiger partial charge is 0.329 e. The Hall–Kier alpha value is -0.120. The molecule has 0 aromatic heterocycles. The molecule has 2 atom stereocenters. The normalized spacial score (nSPS) is 26.4. The topological polar surface area (TPSA) is 32.5 Å². The van der Waals surface area contributed by atoms with Crippen LogP contribution in [-0.2, 0) is 0 Å².